The minimum absolute atomic E-state index is 0.0206. The number of carbonyl (C=O) groups excluding carboxylic acids is 3. The highest BCUT2D eigenvalue weighted by molar-refractivity contribution is 6.04. The second kappa shape index (κ2) is 23.8. The lowest BCUT2D eigenvalue weighted by molar-refractivity contribution is 0.0251. The Morgan fingerprint density at radius 1 is 0.792 bits per heavy atom. The number of nitrogens with two attached hydrogens (primary N) is 1. The number of aromatic amines is 2. The summed E-state index contributed by atoms with van der Waals surface area (Å²) in [6.45, 7) is 17.0. The molecule has 5 heterocycles. The predicted octanol–water partition coefficient (Wildman–Crippen LogP) is 8.30. The molecule has 3 aliphatic rings. The van der Waals surface area contributed by atoms with Crippen LogP contribution in [0.1, 0.15) is 128 Å². The van der Waals surface area contributed by atoms with Gasteiger partial charge in [0, 0.05) is 94.1 Å². The van der Waals surface area contributed by atoms with Gasteiger partial charge in [0.25, 0.3) is 5.91 Å². The lowest BCUT2D eigenvalue weighted by Gasteiger charge is -2.40. The van der Waals surface area contributed by atoms with E-state index in [4.69, 9.17) is 15.6 Å². The molecular weight excluding hydrogens is 977 g/mol. The molecule has 0 bridgehead atoms. The highest BCUT2D eigenvalue weighted by Gasteiger charge is 2.36. The van der Waals surface area contributed by atoms with Gasteiger partial charge in [0.2, 0.25) is 0 Å². The maximum absolute atomic E-state index is 13.1. The summed E-state index contributed by atoms with van der Waals surface area (Å²) in [5.74, 6) is -0.938. The molecule has 4 aromatic heterocycles. The van der Waals surface area contributed by atoms with Gasteiger partial charge in [0.15, 0.2) is 11.4 Å². The number of anilines is 2. The van der Waals surface area contributed by atoms with Crippen LogP contribution in [0.4, 0.5) is 21.0 Å². The van der Waals surface area contributed by atoms with Gasteiger partial charge in [0.1, 0.15) is 5.60 Å². The number of aromatic carboxylic acids is 1. The molecule has 0 saturated carbocycles. The van der Waals surface area contributed by atoms with Gasteiger partial charge in [-0.15, -0.1) is 0 Å². The number of benzene rings is 2. The summed E-state index contributed by atoms with van der Waals surface area (Å²) in [7, 11) is 9.48. The number of carboxylic acids is 1. The van der Waals surface area contributed by atoms with E-state index in [0.29, 0.717) is 36.7 Å². The molecule has 1 aliphatic heterocycles. The molecule has 3 unspecified atom stereocenters. The molecule has 6 N–H and O–H groups in total. The van der Waals surface area contributed by atoms with Crippen LogP contribution >= 0.6 is 0 Å². The molecule has 77 heavy (non-hydrogen) atoms. The summed E-state index contributed by atoms with van der Waals surface area (Å²) in [5, 5.41) is 35.1. The van der Waals surface area contributed by atoms with Crippen molar-refractivity contribution in [2.24, 2.45) is 22.7 Å². The van der Waals surface area contributed by atoms with Gasteiger partial charge in [-0.1, -0.05) is 88.4 Å². The van der Waals surface area contributed by atoms with E-state index < -0.39 is 11.6 Å². The summed E-state index contributed by atoms with van der Waals surface area (Å²) in [6.07, 6.45) is 12.2. The van der Waals surface area contributed by atoms with Crippen molar-refractivity contribution >= 4 is 35.4 Å². The number of nitrogens with one attached hydrogen (secondary N) is 3. The SMILES string of the molecule is CC1(C)CCc2c(C(=O)O)n[nH]c2C1.CN(C)CC(CN(C)C(=O)OC(C)(C)C)C(c1ccccc1)n1cc(N)cn1.CN1CC(C(c2ccccc2)n2cc(NC(=O)c3n[nH]c4c3CCC(C)(C)C4)cn2)CN(C)C1=O. The average molecular weight is 1060 g/mol. The van der Waals surface area contributed by atoms with Crippen molar-refractivity contribution in [3.8, 4) is 0 Å². The van der Waals surface area contributed by atoms with Gasteiger partial charge in [-0.3, -0.25) is 24.4 Å². The van der Waals surface area contributed by atoms with E-state index in [2.05, 4.69) is 92.8 Å². The number of carboxylic acid groups (broad SMARTS) is 1. The number of nitrogen functional groups attached to an aromatic ring is 1. The van der Waals surface area contributed by atoms with Gasteiger partial charge in [-0.05, 0) is 95.3 Å². The maximum atomic E-state index is 13.1. The Kier molecular flexibility index (Phi) is 17.7. The van der Waals surface area contributed by atoms with Crippen molar-refractivity contribution in [3.63, 3.8) is 0 Å². The first kappa shape index (κ1) is 57.2. The molecule has 1 fully saturated rings. The fourth-order valence-electron chi connectivity index (χ4n) is 10.8. The second-order valence-corrected chi connectivity index (χ2v) is 23.9. The van der Waals surface area contributed by atoms with Crippen molar-refractivity contribution in [1.29, 1.82) is 0 Å². The number of aromatic nitrogens is 8. The number of H-pyrrole nitrogens is 2. The van der Waals surface area contributed by atoms with E-state index in [0.717, 1.165) is 78.7 Å². The lowest BCUT2D eigenvalue weighted by Crippen LogP contribution is -2.52. The predicted molar refractivity (Wildman–Crippen MR) is 297 cm³/mol. The number of carbonyl (C=O) groups is 4. The number of fused-ring (bicyclic) bond motifs is 2. The maximum Gasteiger partial charge on any atom is 0.410 e. The van der Waals surface area contributed by atoms with Crippen LogP contribution in [0.15, 0.2) is 85.5 Å². The smallest absolute Gasteiger partial charge is 0.410 e. The van der Waals surface area contributed by atoms with E-state index in [1.54, 1.807) is 34.1 Å². The van der Waals surface area contributed by atoms with Crippen LogP contribution in [0.5, 0.6) is 0 Å². The minimum Gasteiger partial charge on any atom is -0.476 e. The Morgan fingerprint density at radius 3 is 1.84 bits per heavy atom. The second-order valence-electron chi connectivity index (χ2n) is 23.9. The van der Waals surface area contributed by atoms with Crippen LogP contribution < -0.4 is 11.1 Å². The molecule has 4 amide bonds. The van der Waals surface area contributed by atoms with Gasteiger partial charge < -0.3 is 40.5 Å². The number of rotatable bonds is 13. The van der Waals surface area contributed by atoms with Crippen molar-refractivity contribution in [1.82, 2.24) is 59.6 Å². The molecule has 414 valence electrons. The first-order valence-electron chi connectivity index (χ1n) is 26.4. The molecule has 0 radical (unpaired) electrons. The highest BCUT2D eigenvalue weighted by atomic mass is 16.6. The van der Waals surface area contributed by atoms with Crippen LogP contribution in [-0.4, -0.2) is 156 Å². The molecule has 2 aliphatic carbocycles. The van der Waals surface area contributed by atoms with Crippen LogP contribution in [0.2, 0.25) is 0 Å². The fourth-order valence-corrected chi connectivity index (χ4v) is 10.8. The number of amides is 4. The van der Waals surface area contributed by atoms with Crippen LogP contribution in [0.25, 0.3) is 0 Å². The van der Waals surface area contributed by atoms with Gasteiger partial charge in [-0.2, -0.15) is 20.4 Å². The Labute approximate surface area is 452 Å². The van der Waals surface area contributed by atoms with E-state index in [9.17, 15) is 19.2 Å². The van der Waals surface area contributed by atoms with Gasteiger partial charge in [0.05, 0.1) is 35.9 Å². The molecule has 9 rings (SSSR count). The van der Waals surface area contributed by atoms with E-state index in [-0.39, 0.29) is 58.5 Å². The van der Waals surface area contributed by atoms with Gasteiger partial charge >= 0.3 is 18.1 Å². The number of hydrogen-bond donors (Lipinski definition) is 5. The Bertz CT molecular complexity index is 2940. The van der Waals surface area contributed by atoms with Gasteiger partial charge in [-0.25, -0.2) is 14.4 Å². The number of hydrogen-bond acceptors (Lipinski definition) is 11. The molecule has 1 saturated heterocycles. The highest BCUT2D eigenvalue weighted by Crippen LogP contribution is 2.37. The van der Waals surface area contributed by atoms with Crippen LogP contribution in [-0.2, 0) is 30.4 Å². The lowest BCUT2D eigenvalue weighted by atomic mass is 9.76. The number of nitrogens with zero attached hydrogens (tertiary/aromatic N) is 10. The Hall–Kier alpha value is -7.48. The summed E-state index contributed by atoms with van der Waals surface area (Å²) >= 11 is 0. The zero-order valence-corrected chi connectivity index (χ0v) is 47.0. The Morgan fingerprint density at radius 2 is 1.32 bits per heavy atom. The van der Waals surface area contributed by atoms with Crippen molar-refractivity contribution in [2.75, 3.05) is 72.5 Å². The van der Waals surface area contributed by atoms with Crippen molar-refractivity contribution < 1.29 is 29.0 Å². The van der Waals surface area contributed by atoms with Crippen molar-refractivity contribution in [2.45, 2.75) is 105 Å². The fraction of sp³-hybridized carbons (Fsp3) is 0.509. The number of urea groups is 1. The topological polar surface area (TPSA) is 242 Å². The van der Waals surface area contributed by atoms with Crippen LogP contribution in [0, 0.1) is 22.7 Å². The zero-order valence-electron chi connectivity index (χ0n) is 47.0. The normalized spacial score (nSPS) is 17.1. The molecule has 6 aromatic rings. The summed E-state index contributed by atoms with van der Waals surface area (Å²) < 4.78 is 9.32. The van der Waals surface area contributed by atoms with E-state index >= 15 is 0 Å². The standard InChI is InChI=1S/C26H33N7O2.C21H33N5O2.C10H14N2O2/c1-26(2)11-10-20-21(12-26)29-30-22(20)24(34)28-19-13-27-33(16-19)23(17-8-6-5-7-9-17)18-14-31(3)25(35)32(4)15-18;1-21(2,3)28-20(27)25(6)14-17(13-24(4)5)19(16-10-8-7-9-11-16)26-15-18(22)12-23-26;1-10(2)4-3-6-7(5-10)11-12-8(6)9(13)14/h5-9,13,16,18,23H,10-12,14-15H2,1-4H3,(H,28,34)(H,29,30);7-12,15,17,19H,13-14,22H2,1-6H3;3-5H2,1-2H3,(H,11,12)(H,13,14). The van der Waals surface area contributed by atoms with Crippen molar-refractivity contribution in [3.05, 3.63) is 130 Å². The summed E-state index contributed by atoms with van der Waals surface area (Å²) in [5.41, 5.74) is 14.0. The zero-order chi connectivity index (χ0) is 56.0. The first-order valence-corrected chi connectivity index (χ1v) is 26.4. The molecular formula is C57H80N14O6. The van der Waals surface area contributed by atoms with E-state index in [1.807, 2.05) is 107 Å². The third-order valence-electron chi connectivity index (χ3n) is 14.4. The minimum atomic E-state index is -0.929. The summed E-state index contributed by atoms with van der Waals surface area (Å²) in [6, 6.07) is 20.2. The third kappa shape index (κ3) is 14.7. The molecule has 20 nitrogen and oxygen atoms in total. The monoisotopic (exact) mass is 1060 g/mol. The molecule has 20 heteroatoms. The molecule has 2 aromatic carbocycles. The molecule has 3 atom stereocenters. The summed E-state index contributed by atoms with van der Waals surface area (Å²) in [4.78, 5) is 56.0. The largest absolute Gasteiger partial charge is 0.476 e. The van der Waals surface area contributed by atoms with Crippen LogP contribution in [0.3, 0.4) is 0 Å². The van der Waals surface area contributed by atoms with E-state index in [1.165, 1.54) is 0 Å². The average Bonchev–Trinajstić information content (AvgIpc) is 4.19. The molecule has 0 spiro atoms. The Balaban J connectivity index is 0.000000182. The third-order valence-corrected chi connectivity index (χ3v) is 14.4. The quantitative estimate of drug-likeness (QED) is 0.0734. The first-order chi connectivity index (χ1) is 36.3. The number of ether oxygens (including phenoxy) is 1.